The number of aliphatic hydroxyl groups excluding tert-OH is 1. The molecule has 2 fully saturated rings. The normalized spacial score (nSPS) is 25.9. The standard InChI is InChI=1S/C20H25N5O/c26-19-14-24(13-18(19)23-9-4-5-10-23)20-21-12-17-16(22-20)8-11-25(17)15-6-2-1-3-7-15/h1-3,6-7,12,18-19,26H,4-5,8-11,13-14H2/t18-,19-/m1/s1. The molecule has 2 saturated heterocycles. The van der Waals surface area contributed by atoms with Crippen LogP contribution < -0.4 is 9.80 Å². The van der Waals surface area contributed by atoms with Crippen LogP contribution in [0.15, 0.2) is 36.5 Å². The maximum Gasteiger partial charge on any atom is 0.225 e. The molecule has 1 N–H and O–H groups in total. The van der Waals surface area contributed by atoms with Crippen molar-refractivity contribution in [2.45, 2.75) is 31.4 Å². The first-order valence-electron chi connectivity index (χ1n) is 9.65. The first-order chi connectivity index (χ1) is 12.8. The fourth-order valence-corrected chi connectivity index (χ4v) is 4.54. The highest BCUT2D eigenvalue weighted by molar-refractivity contribution is 5.68. The fraction of sp³-hybridized carbons (Fsp3) is 0.500. The number of β-amino-alcohol motifs (C(OH)–C–C–N with tert-alkyl or cyclic N) is 1. The SMILES string of the molecule is O[C@@H]1CN(c2ncc3c(n2)CCN3c2ccccc2)C[C@H]1N1CCCC1. The Hall–Kier alpha value is -2.18. The van der Waals surface area contributed by atoms with E-state index in [1.165, 1.54) is 18.5 Å². The van der Waals surface area contributed by atoms with Crippen LogP contribution in [0.25, 0.3) is 0 Å². The molecule has 3 aliphatic heterocycles. The molecule has 2 atom stereocenters. The van der Waals surface area contributed by atoms with Gasteiger partial charge in [-0.25, -0.2) is 9.97 Å². The van der Waals surface area contributed by atoms with Gasteiger partial charge in [-0.05, 0) is 38.1 Å². The second kappa shape index (κ2) is 6.52. The molecule has 4 heterocycles. The summed E-state index contributed by atoms with van der Waals surface area (Å²) in [6, 6.07) is 10.6. The van der Waals surface area contributed by atoms with Crippen molar-refractivity contribution in [3.8, 4) is 0 Å². The number of anilines is 3. The summed E-state index contributed by atoms with van der Waals surface area (Å²) in [5, 5.41) is 10.5. The molecule has 0 aliphatic carbocycles. The molecule has 0 radical (unpaired) electrons. The van der Waals surface area contributed by atoms with Crippen LogP contribution >= 0.6 is 0 Å². The minimum absolute atomic E-state index is 0.218. The van der Waals surface area contributed by atoms with Gasteiger partial charge in [0.25, 0.3) is 0 Å². The lowest BCUT2D eigenvalue weighted by atomic mass is 10.2. The first kappa shape index (κ1) is 16.0. The van der Waals surface area contributed by atoms with Gasteiger partial charge in [0.15, 0.2) is 0 Å². The van der Waals surface area contributed by atoms with Crippen LogP contribution in [0.4, 0.5) is 17.3 Å². The maximum atomic E-state index is 10.5. The van der Waals surface area contributed by atoms with Crippen LogP contribution in [0.5, 0.6) is 0 Å². The fourth-order valence-electron chi connectivity index (χ4n) is 4.54. The van der Waals surface area contributed by atoms with Gasteiger partial charge in [0.05, 0.1) is 29.7 Å². The molecule has 1 aromatic carbocycles. The van der Waals surface area contributed by atoms with Gasteiger partial charge in [0, 0.05) is 31.7 Å². The van der Waals surface area contributed by atoms with Crippen molar-refractivity contribution in [2.24, 2.45) is 0 Å². The van der Waals surface area contributed by atoms with E-state index in [-0.39, 0.29) is 12.1 Å². The maximum absolute atomic E-state index is 10.5. The summed E-state index contributed by atoms with van der Waals surface area (Å²) in [6.07, 6.45) is 5.06. The molecule has 6 heteroatoms. The van der Waals surface area contributed by atoms with Crippen molar-refractivity contribution in [2.75, 3.05) is 42.5 Å². The third-order valence-electron chi connectivity index (χ3n) is 5.92. The molecule has 0 saturated carbocycles. The van der Waals surface area contributed by atoms with Gasteiger partial charge in [-0.3, -0.25) is 4.90 Å². The Morgan fingerprint density at radius 2 is 1.81 bits per heavy atom. The van der Waals surface area contributed by atoms with Crippen LogP contribution in [0.3, 0.4) is 0 Å². The van der Waals surface area contributed by atoms with Gasteiger partial charge in [0.2, 0.25) is 5.95 Å². The van der Waals surface area contributed by atoms with E-state index in [0.29, 0.717) is 6.54 Å². The van der Waals surface area contributed by atoms with Gasteiger partial charge in [0.1, 0.15) is 0 Å². The molecule has 1 aromatic heterocycles. The van der Waals surface area contributed by atoms with E-state index in [1.807, 2.05) is 12.3 Å². The van der Waals surface area contributed by atoms with Crippen LogP contribution in [0.2, 0.25) is 0 Å². The zero-order chi connectivity index (χ0) is 17.5. The number of aliphatic hydroxyl groups is 1. The second-order valence-corrected chi connectivity index (χ2v) is 7.52. The number of para-hydroxylation sites is 1. The van der Waals surface area contributed by atoms with E-state index in [0.717, 1.165) is 49.9 Å². The average Bonchev–Trinajstić information content (AvgIpc) is 3.41. The van der Waals surface area contributed by atoms with Crippen LogP contribution in [-0.4, -0.2) is 64.8 Å². The van der Waals surface area contributed by atoms with Crippen molar-refractivity contribution in [1.82, 2.24) is 14.9 Å². The molecule has 2 aromatic rings. The Labute approximate surface area is 154 Å². The van der Waals surface area contributed by atoms with E-state index in [4.69, 9.17) is 4.98 Å². The van der Waals surface area contributed by atoms with Gasteiger partial charge in [-0.2, -0.15) is 0 Å². The number of fused-ring (bicyclic) bond motifs is 1. The van der Waals surface area contributed by atoms with E-state index < -0.39 is 0 Å². The van der Waals surface area contributed by atoms with E-state index in [2.05, 4.69) is 43.9 Å². The highest BCUT2D eigenvalue weighted by Gasteiger charge is 2.38. The van der Waals surface area contributed by atoms with Crippen molar-refractivity contribution >= 4 is 17.3 Å². The quantitative estimate of drug-likeness (QED) is 0.910. The molecule has 6 nitrogen and oxygen atoms in total. The van der Waals surface area contributed by atoms with E-state index in [1.54, 1.807) is 0 Å². The number of aromatic nitrogens is 2. The first-order valence-corrected chi connectivity index (χ1v) is 9.65. The van der Waals surface area contributed by atoms with Crippen molar-refractivity contribution < 1.29 is 5.11 Å². The smallest absolute Gasteiger partial charge is 0.225 e. The molecule has 5 rings (SSSR count). The summed E-state index contributed by atoms with van der Waals surface area (Å²) in [5.74, 6) is 0.763. The van der Waals surface area contributed by atoms with Gasteiger partial charge in [-0.1, -0.05) is 18.2 Å². The molecule has 3 aliphatic rings. The van der Waals surface area contributed by atoms with Crippen molar-refractivity contribution in [3.63, 3.8) is 0 Å². The number of hydrogen-bond donors (Lipinski definition) is 1. The summed E-state index contributed by atoms with van der Waals surface area (Å²) < 4.78 is 0. The molecule has 0 unspecified atom stereocenters. The van der Waals surface area contributed by atoms with Crippen molar-refractivity contribution in [1.29, 1.82) is 0 Å². The number of likely N-dealkylation sites (tertiary alicyclic amines) is 1. The zero-order valence-electron chi connectivity index (χ0n) is 15.0. The van der Waals surface area contributed by atoms with Crippen molar-refractivity contribution in [3.05, 3.63) is 42.2 Å². The number of rotatable bonds is 3. The molecular weight excluding hydrogens is 326 g/mol. The Bertz CT molecular complexity index is 777. The summed E-state index contributed by atoms with van der Waals surface area (Å²) >= 11 is 0. The molecule has 26 heavy (non-hydrogen) atoms. The Morgan fingerprint density at radius 3 is 2.62 bits per heavy atom. The minimum Gasteiger partial charge on any atom is -0.390 e. The van der Waals surface area contributed by atoms with Gasteiger partial charge in [-0.15, -0.1) is 0 Å². The summed E-state index contributed by atoms with van der Waals surface area (Å²) in [5.41, 5.74) is 3.40. The molecular formula is C20H25N5O. The lowest BCUT2D eigenvalue weighted by Crippen LogP contribution is -2.41. The molecule has 136 valence electrons. The summed E-state index contributed by atoms with van der Waals surface area (Å²) in [6.45, 7) is 4.60. The predicted molar refractivity (Wildman–Crippen MR) is 102 cm³/mol. The lowest BCUT2D eigenvalue weighted by molar-refractivity contribution is 0.0986. The molecule has 0 bridgehead atoms. The molecule has 0 amide bonds. The highest BCUT2D eigenvalue weighted by Crippen LogP contribution is 2.34. The Kier molecular flexibility index (Phi) is 4.02. The topological polar surface area (TPSA) is 55.7 Å². The van der Waals surface area contributed by atoms with Crippen LogP contribution in [0, 0.1) is 0 Å². The lowest BCUT2D eigenvalue weighted by Gasteiger charge is -2.25. The number of nitrogens with zero attached hydrogens (tertiary/aromatic N) is 5. The largest absolute Gasteiger partial charge is 0.390 e. The van der Waals surface area contributed by atoms with E-state index >= 15 is 0 Å². The van der Waals surface area contributed by atoms with Gasteiger partial charge >= 0.3 is 0 Å². The predicted octanol–water partition coefficient (Wildman–Crippen LogP) is 1.82. The monoisotopic (exact) mass is 351 g/mol. The summed E-state index contributed by atoms with van der Waals surface area (Å²) in [7, 11) is 0. The zero-order valence-corrected chi connectivity index (χ0v) is 15.0. The number of benzene rings is 1. The van der Waals surface area contributed by atoms with Gasteiger partial charge < -0.3 is 14.9 Å². The third kappa shape index (κ3) is 2.73. The minimum atomic E-state index is -0.314. The Morgan fingerprint density at radius 1 is 1.00 bits per heavy atom. The number of hydrogen-bond acceptors (Lipinski definition) is 6. The highest BCUT2D eigenvalue weighted by atomic mass is 16.3. The van der Waals surface area contributed by atoms with Crippen LogP contribution in [-0.2, 0) is 6.42 Å². The molecule has 0 spiro atoms. The Balaban J connectivity index is 1.36. The average molecular weight is 351 g/mol. The third-order valence-corrected chi connectivity index (χ3v) is 5.92. The van der Waals surface area contributed by atoms with E-state index in [9.17, 15) is 5.11 Å². The van der Waals surface area contributed by atoms with Crippen LogP contribution in [0.1, 0.15) is 18.5 Å². The summed E-state index contributed by atoms with van der Waals surface area (Å²) in [4.78, 5) is 16.4. The second-order valence-electron chi connectivity index (χ2n) is 7.52.